The molecule has 0 unspecified atom stereocenters. The number of hydrogen-bond acceptors (Lipinski definition) is 7. The number of carbonyl (C=O) groups excluding carboxylic acids is 4. The molecule has 0 heterocycles. The van der Waals surface area contributed by atoms with Crippen molar-refractivity contribution in [3.05, 3.63) is 59.7 Å². The average Bonchev–Trinajstić information content (AvgIpc) is 2.75. The molecule has 1 amide bonds. The van der Waals surface area contributed by atoms with Crippen LogP contribution in [0.15, 0.2) is 48.5 Å². The number of unbranched alkanes of at least 4 members (excludes halogenated alkanes) is 2. The standard InChI is InChI=1S/C24H27NO7/c1-17(26)31-21-13-9-12-20(23(21)32-18(2)27)24(29)25-15-8-4-7-14-22(28)30-16-19-10-5-3-6-11-19/h3,5-6,9-13H,4,7-8,14-16H2,1-2H3,(H,25,29). The zero-order valence-electron chi connectivity index (χ0n) is 18.2. The largest absolute Gasteiger partial charge is 0.461 e. The predicted octanol–water partition coefficient (Wildman–Crippen LogP) is 3.57. The van der Waals surface area contributed by atoms with Gasteiger partial charge in [0.25, 0.3) is 5.91 Å². The van der Waals surface area contributed by atoms with Gasteiger partial charge >= 0.3 is 17.9 Å². The van der Waals surface area contributed by atoms with E-state index in [1.54, 1.807) is 0 Å². The van der Waals surface area contributed by atoms with E-state index in [9.17, 15) is 19.2 Å². The van der Waals surface area contributed by atoms with Crippen molar-refractivity contribution < 1.29 is 33.4 Å². The summed E-state index contributed by atoms with van der Waals surface area (Å²) in [7, 11) is 0. The van der Waals surface area contributed by atoms with Crippen molar-refractivity contribution in [1.29, 1.82) is 0 Å². The third kappa shape index (κ3) is 8.59. The van der Waals surface area contributed by atoms with Crippen LogP contribution in [0.25, 0.3) is 0 Å². The maximum atomic E-state index is 12.5. The molecule has 0 aromatic heterocycles. The Balaban J connectivity index is 1.75. The van der Waals surface area contributed by atoms with Gasteiger partial charge in [-0.3, -0.25) is 19.2 Å². The first-order valence-corrected chi connectivity index (χ1v) is 10.3. The summed E-state index contributed by atoms with van der Waals surface area (Å²) < 4.78 is 15.3. The molecule has 0 aliphatic rings. The average molecular weight is 441 g/mol. The highest BCUT2D eigenvalue weighted by Crippen LogP contribution is 2.31. The van der Waals surface area contributed by atoms with Crippen molar-refractivity contribution in [1.82, 2.24) is 5.32 Å². The van der Waals surface area contributed by atoms with Gasteiger partial charge < -0.3 is 19.5 Å². The summed E-state index contributed by atoms with van der Waals surface area (Å²) in [6.07, 6.45) is 2.33. The van der Waals surface area contributed by atoms with Crippen LogP contribution in [0.2, 0.25) is 0 Å². The molecule has 0 aliphatic heterocycles. The number of nitrogens with one attached hydrogen (secondary N) is 1. The zero-order valence-corrected chi connectivity index (χ0v) is 18.2. The van der Waals surface area contributed by atoms with Crippen molar-refractivity contribution >= 4 is 23.8 Å². The highest BCUT2D eigenvalue weighted by molar-refractivity contribution is 5.98. The van der Waals surface area contributed by atoms with Gasteiger partial charge in [-0.25, -0.2) is 0 Å². The Labute approximate surface area is 186 Å². The van der Waals surface area contributed by atoms with Crippen LogP contribution in [0.5, 0.6) is 11.5 Å². The third-order valence-corrected chi connectivity index (χ3v) is 4.31. The van der Waals surface area contributed by atoms with Crippen molar-refractivity contribution in [3.8, 4) is 11.5 Å². The first-order valence-electron chi connectivity index (χ1n) is 10.3. The highest BCUT2D eigenvalue weighted by atomic mass is 16.6. The van der Waals surface area contributed by atoms with Gasteiger partial charge in [0, 0.05) is 26.8 Å². The van der Waals surface area contributed by atoms with Crippen LogP contribution < -0.4 is 14.8 Å². The van der Waals surface area contributed by atoms with Gasteiger partial charge in [0.1, 0.15) is 6.61 Å². The lowest BCUT2D eigenvalue weighted by atomic mass is 10.1. The molecule has 0 saturated heterocycles. The Bertz CT molecular complexity index is 941. The Morgan fingerprint density at radius 1 is 0.812 bits per heavy atom. The molecule has 0 bridgehead atoms. The summed E-state index contributed by atoms with van der Waals surface area (Å²) in [4.78, 5) is 47.0. The number of para-hydroxylation sites is 1. The van der Waals surface area contributed by atoms with E-state index < -0.39 is 17.8 Å². The van der Waals surface area contributed by atoms with Crippen LogP contribution in [0.1, 0.15) is 55.5 Å². The Hall–Kier alpha value is -3.68. The second-order valence-electron chi connectivity index (χ2n) is 7.03. The maximum absolute atomic E-state index is 12.5. The van der Waals surface area contributed by atoms with Crippen molar-refractivity contribution in [2.75, 3.05) is 6.54 Å². The molecule has 170 valence electrons. The molecule has 0 fully saturated rings. The lowest BCUT2D eigenvalue weighted by Crippen LogP contribution is -2.25. The SMILES string of the molecule is CC(=O)Oc1cccc(C(=O)NCCCCCC(=O)OCc2ccccc2)c1OC(C)=O. The van der Waals surface area contributed by atoms with Crippen LogP contribution in [0.3, 0.4) is 0 Å². The summed E-state index contributed by atoms with van der Waals surface area (Å²) in [6.45, 7) is 3.03. The molecule has 8 nitrogen and oxygen atoms in total. The maximum Gasteiger partial charge on any atom is 0.308 e. The van der Waals surface area contributed by atoms with Crippen molar-refractivity contribution in [2.45, 2.75) is 46.1 Å². The predicted molar refractivity (Wildman–Crippen MR) is 116 cm³/mol. The summed E-state index contributed by atoms with van der Waals surface area (Å²) in [6, 6.07) is 13.9. The molecule has 1 N–H and O–H groups in total. The Morgan fingerprint density at radius 3 is 2.22 bits per heavy atom. The number of hydrogen-bond donors (Lipinski definition) is 1. The fraction of sp³-hybridized carbons (Fsp3) is 0.333. The smallest absolute Gasteiger partial charge is 0.308 e. The minimum absolute atomic E-state index is 0.00522. The van der Waals surface area contributed by atoms with Crippen LogP contribution in [0, 0.1) is 0 Å². The third-order valence-electron chi connectivity index (χ3n) is 4.31. The molecule has 0 saturated carbocycles. The molecule has 2 aromatic rings. The number of amides is 1. The molecule has 2 aromatic carbocycles. The zero-order chi connectivity index (χ0) is 23.3. The van der Waals surface area contributed by atoms with E-state index in [2.05, 4.69) is 5.32 Å². The fourth-order valence-corrected chi connectivity index (χ4v) is 2.86. The summed E-state index contributed by atoms with van der Waals surface area (Å²) in [5.74, 6) is -2.07. The molecule has 8 heteroatoms. The van der Waals surface area contributed by atoms with Crippen LogP contribution in [-0.4, -0.2) is 30.4 Å². The topological polar surface area (TPSA) is 108 Å². The number of esters is 3. The Kier molecular flexibility index (Phi) is 9.90. The quantitative estimate of drug-likeness (QED) is 0.323. The second-order valence-corrected chi connectivity index (χ2v) is 7.03. The summed E-state index contributed by atoms with van der Waals surface area (Å²) in [5.41, 5.74) is 1.03. The van der Waals surface area contributed by atoms with E-state index in [-0.39, 0.29) is 29.6 Å². The first kappa shape index (κ1) is 24.6. The lowest BCUT2D eigenvalue weighted by Gasteiger charge is -2.13. The molecule has 0 aliphatic carbocycles. The molecular formula is C24H27NO7. The van der Waals surface area contributed by atoms with Gasteiger partial charge in [-0.1, -0.05) is 42.8 Å². The molecule has 0 radical (unpaired) electrons. The van der Waals surface area contributed by atoms with Crippen LogP contribution in [0.4, 0.5) is 0 Å². The molecule has 0 spiro atoms. The number of ether oxygens (including phenoxy) is 3. The normalized spacial score (nSPS) is 10.2. The van der Waals surface area contributed by atoms with Gasteiger partial charge in [0.05, 0.1) is 5.56 Å². The van der Waals surface area contributed by atoms with E-state index in [0.717, 1.165) is 12.0 Å². The fourth-order valence-electron chi connectivity index (χ4n) is 2.86. The monoisotopic (exact) mass is 441 g/mol. The summed E-state index contributed by atoms with van der Waals surface area (Å²) >= 11 is 0. The summed E-state index contributed by atoms with van der Waals surface area (Å²) in [5, 5.41) is 2.74. The molecule has 32 heavy (non-hydrogen) atoms. The van der Waals surface area contributed by atoms with Gasteiger partial charge in [-0.05, 0) is 30.5 Å². The highest BCUT2D eigenvalue weighted by Gasteiger charge is 2.20. The number of benzene rings is 2. The van der Waals surface area contributed by atoms with Crippen molar-refractivity contribution in [2.24, 2.45) is 0 Å². The van der Waals surface area contributed by atoms with Gasteiger partial charge in [-0.2, -0.15) is 0 Å². The van der Waals surface area contributed by atoms with E-state index in [1.807, 2.05) is 30.3 Å². The van der Waals surface area contributed by atoms with E-state index >= 15 is 0 Å². The van der Waals surface area contributed by atoms with Gasteiger partial charge in [0.2, 0.25) is 0 Å². The lowest BCUT2D eigenvalue weighted by molar-refractivity contribution is -0.145. The second kappa shape index (κ2) is 12.9. The Morgan fingerprint density at radius 2 is 1.53 bits per heavy atom. The van der Waals surface area contributed by atoms with E-state index in [1.165, 1.54) is 32.0 Å². The van der Waals surface area contributed by atoms with E-state index in [4.69, 9.17) is 14.2 Å². The van der Waals surface area contributed by atoms with E-state index in [0.29, 0.717) is 25.8 Å². The van der Waals surface area contributed by atoms with Gasteiger partial charge in [0.15, 0.2) is 11.5 Å². The minimum atomic E-state index is -0.641. The van der Waals surface area contributed by atoms with Crippen LogP contribution in [-0.2, 0) is 25.7 Å². The van der Waals surface area contributed by atoms with Gasteiger partial charge in [-0.15, -0.1) is 0 Å². The number of rotatable bonds is 11. The molecule has 0 atom stereocenters. The van der Waals surface area contributed by atoms with Crippen molar-refractivity contribution in [3.63, 3.8) is 0 Å². The number of carbonyl (C=O) groups is 4. The van der Waals surface area contributed by atoms with Crippen LogP contribution >= 0.6 is 0 Å². The first-order chi connectivity index (χ1) is 15.4. The minimum Gasteiger partial charge on any atom is -0.461 e. The molecule has 2 rings (SSSR count). The molecular weight excluding hydrogens is 414 g/mol.